The average Bonchev–Trinajstić information content (AvgIpc) is 3.09. The fourth-order valence-electron chi connectivity index (χ4n) is 2.74. The SMILES string of the molecule is COc1ccc(CCNC(=O)c2nn(-c3cccc(Cl)c3)nc2C)cc1OC. The predicted octanol–water partition coefficient (Wildman–Crippen LogP) is 3.22. The molecule has 0 radical (unpaired) electrons. The standard InChI is InChI=1S/C20H21ClN4O3/c1-13-19(24-25(23-13)16-6-4-5-15(21)12-16)20(26)22-10-9-14-7-8-17(27-2)18(11-14)28-3/h4-8,11-12H,9-10H2,1-3H3,(H,22,26). The van der Waals surface area contributed by atoms with Crippen LogP contribution in [0.2, 0.25) is 5.02 Å². The number of aromatic nitrogens is 3. The molecule has 0 spiro atoms. The molecule has 1 heterocycles. The minimum atomic E-state index is -0.272. The summed E-state index contributed by atoms with van der Waals surface area (Å²) in [6.45, 7) is 2.20. The first kappa shape index (κ1) is 19.7. The van der Waals surface area contributed by atoms with E-state index < -0.39 is 0 Å². The van der Waals surface area contributed by atoms with E-state index in [-0.39, 0.29) is 11.6 Å². The van der Waals surface area contributed by atoms with Gasteiger partial charge in [0.15, 0.2) is 17.2 Å². The van der Waals surface area contributed by atoms with Gasteiger partial charge in [0.25, 0.3) is 5.91 Å². The minimum Gasteiger partial charge on any atom is -0.493 e. The van der Waals surface area contributed by atoms with Crippen molar-refractivity contribution in [2.45, 2.75) is 13.3 Å². The maximum Gasteiger partial charge on any atom is 0.273 e. The molecule has 0 bridgehead atoms. The van der Waals surface area contributed by atoms with Gasteiger partial charge in [0.1, 0.15) is 0 Å². The molecule has 7 nitrogen and oxygen atoms in total. The van der Waals surface area contributed by atoms with Gasteiger partial charge in [0.2, 0.25) is 0 Å². The molecule has 0 atom stereocenters. The van der Waals surface area contributed by atoms with Gasteiger partial charge >= 0.3 is 0 Å². The van der Waals surface area contributed by atoms with Gasteiger partial charge in [-0.05, 0) is 49.2 Å². The molecule has 3 rings (SSSR count). The van der Waals surface area contributed by atoms with Crippen LogP contribution in [-0.2, 0) is 6.42 Å². The fourth-order valence-corrected chi connectivity index (χ4v) is 2.93. The number of carbonyl (C=O) groups is 1. The monoisotopic (exact) mass is 400 g/mol. The third kappa shape index (κ3) is 4.43. The highest BCUT2D eigenvalue weighted by Gasteiger charge is 2.16. The first-order valence-corrected chi connectivity index (χ1v) is 9.08. The first-order valence-electron chi connectivity index (χ1n) is 8.71. The zero-order chi connectivity index (χ0) is 20.1. The maximum absolute atomic E-state index is 12.5. The van der Waals surface area contributed by atoms with Gasteiger partial charge in [0, 0.05) is 11.6 Å². The van der Waals surface area contributed by atoms with Crippen molar-refractivity contribution in [3.05, 3.63) is 64.4 Å². The third-order valence-electron chi connectivity index (χ3n) is 4.18. The molecule has 3 aromatic rings. The largest absolute Gasteiger partial charge is 0.493 e. The Morgan fingerprint density at radius 3 is 2.61 bits per heavy atom. The minimum absolute atomic E-state index is 0.272. The van der Waals surface area contributed by atoms with Crippen LogP contribution in [0.5, 0.6) is 11.5 Å². The van der Waals surface area contributed by atoms with Crippen LogP contribution >= 0.6 is 11.6 Å². The Morgan fingerprint density at radius 2 is 1.89 bits per heavy atom. The number of aryl methyl sites for hydroxylation is 1. The van der Waals surface area contributed by atoms with Crippen molar-refractivity contribution in [2.75, 3.05) is 20.8 Å². The van der Waals surface area contributed by atoms with E-state index >= 15 is 0 Å². The van der Waals surface area contributed by atoms with Crippen molar-refractivity contribution in [2.24, 2.45) is 0 Å². The lowest BCUT2D eigenvalue weighted by atomic mass is 10.1. The number of hydrogen-bond acceptors (Lipinski definition) is 5. The number of amides is 1. The Hall–Kier alpha value is -3.06. The summed E-state index contributed by atoms with van der Waals surface area (Å²) in [5, 5.41) is 12.1. The van der Waals surface area contributed by atoms with E-state index in [0.29, 0.717) is 40.9 Å². The van der Waals surface area contributed by atoms with Gasteiger partial charge in [-0.25, -0.2) is 0 Å². The van der Waals surface area contributed by atoms with Crippen LogP contribution in [0.1, 0.15) is 21.7 Å². The van der Waals surface area contributed by atoms with Gasteiger partial charge in [0.05, 0.1) is 25.6 Å². The van der Waals surface area contributed by atoms with Crippen molar-refractivity contribution < 1.29 is 14.3 Å². The van der Waals surface area contributed by atoms with Crippen molar-refractivity contribution in [3.8, 4) is 17.2 Å². The average molecular weight is 401 g/mol. The highest BCUT2D eigenvalue weighted by molar-refractivity contribution is 6.30. The zero-order valence-corrected chi connectivity index (χ0v) is 16.7. The molecule has 0 fully saturated rings. The molecule has 1 aromatic heterocycles. The Balaban J connectivity index is 1.64. The molecule has 1 N–H and O–H groups in total. The summed E-state index contributed by atoms with van der Waals surface area (Å²) < 4.78 is 10.5. The van der Waals surface area contributed by atoms with Crippen LogP contribution in [0.3, 0.4) is 0 Å². The number of ether oxygens (including phenoxy) is 2. The molecule has 0 saturated heterocycles. The number of nitrogens with zero attached hydrogens (tertiary/aromatic N) is 3. The Bertz CT molecular complexity index is 987. The summed E-state index contributed by atoms with van der Waals surface area (Å²) in [4.78, 5) is 13.9. The van der Waals surface area contributed by atoms with Crippen molar-refractivity contribution in [1.29, 1.82) is 0 Å². The fraction of sp³-hybridized carbons (Fsp3) is 0.250. The molecular weight excluding hydrogens is 380 g/mol. The van der Waals surface area contributed by atoms with E-state index in [4.69, 9.17) is 21.1 Å². The summed E-state index contributed by atoms with van der Waals surface area (Å²) in [7, 11) is 3.19. The molecule has 0 aliphatic heterocycles. The third-order valence-corrected chi connectivity index (χ3v) is 4.42. The van der Waals surface area contributed by atoms with Crippen molar-refractivity contribution in [1.82, 2.24) is 20.3 Å². The molecule has 0 saturated carbocycles. The van der Waals surface area contributed by atoms with Crippen molar-refractivity contribution in [3.63, 3.8) is 0 Å². The Labute approximate surface area is 168 Å². The lowest BCUT2D eigenvalue weighted by molar-refractivity contribution is 0.0948. The molecule has 0 unspecified atom stereocenters. The summed E-state index contributed by atoms with van der Waals surface area (Å²) >= 11 is 6.01. The highest BCUT2D eigenvalue weighted by atomic mass is 35.5. The van der Waals surface area contributed by atoms with Crippen LogP contribution in [-0.4, -0.2) is 41.7 Å². The summed E-state index contributed by atoms with van der Waals surface area (Å²) in [5.74, 6) is 1.06. The predicted molar refractivity (Wildman–Crippen MR) is 107 cm³/mol. The molecule has 8 heteroatoms. The molecule has 1 amide bonds. The van der Waals surface area contributed by atoms with Crippen LogP contribution < -0.4 is 14.8 Å². The van der Waals surface area contributed by atoms with E-state index in [2.05, 4.69) is 15.5 Å². The number of carbonyl (C=O) groups excluding carboxylic acids is 1. The maximum atomic E-state index is 12.5. The molecule has 28 heavy (non-hydrogen) atoms. The van der Waals surface area contributed by atoms with E-state index in [1.54, 1.807) is 39.3 Å². The molecule has 146 valence electrons. The van der Waals surface area contributed by atoms with E-state index in [0.717, 1.165) is 5.56 Å². The highest BCUT2D eigenvalue weighted by Crippen LogP contribution is 2.27. The molecule has 0 aliphatic rings. The Kier molecular flexibility index (Phi) is 6.16. The van der Waals surface area contributed by atoms with Crippen LogP contribution in [0, 0.1) is 6.92 Å². The molecular formula is C20H21ClN4O3. The van der Waals surface area contributed by atoms with Gasteiger partial charge in [-0.1, -0.05) is 23.7 Å². The van der Waals surface area contributed by atoms with E-state index in [9.17, 15) is 4.79 Å². The Morgan fingerprint density at radius 1 is 1.11 bits per heavy atom. The number of methoxy groups -OCH3 is 2. The van der Waals surface area contributed by atoms with Crippen LogP contribution in [0.4, 0.5) is 0 Å². The summed E-state index contributed by atoms with van der Waals surface area (Å²) in [6.07, 6.45) is 0.646. The normalized spacial score (nSPS) is 10.6. The topological polar surface area (TPSA) is 78.3 Å². The van der Waals surface area contributed by atoms with E-state index in [1.165, 1.54) is 4.80 Å². The summed E-state index contributed by atoms with van der Waals surface area (Å²) in [6, 6.07) is 12.8. The second-order valence-corrected chi connectivity index (χ2v) is 6.54. The van der Waals surface area contributed by atoms with Gasteiger partial charge in [-0.2, -0.15) is 9.90 Å². The lowest BCUT2D eigenvalue weighted by Crippen LogP contribution is -2.26. The second kappa shape index (κ2) is 8.75. The summed E-state index contributed by atoms with van der Waals surface area (Å²) in [5.41, 5.74) is 2.55. The second-order valence-electron chi connectivity index (χ2n) is 6.10. The number of benzene rings is 2. The van der Waals surface area contributed by atoms with Crippen molar-refractivity contribution >= 4 is 17.5 Å². The number of halogens is 1. The number of hydrogen-bond donors (Lipinski definition) is 1. The van der Waals surface area contributed by atoms with Crippen LogP contribution in [0.15, 0.2) is 42.5 Å². The van der Waals surface area contributed by atoms with Gasteiger partial charge in [-0.15, -0.1) is 5.10 Å². The van der Waals surface area contributed by atoms with Gasteiger partial charge < -0.3 is 14.8 Å². The molecule has 0 aliphatic carbocycles. The lowest BCUT2D eigenvalue weighted by Gasteiger charge is -2.10. The van der Waals surface area contributed by atoms with Gasteiger partial charge in [-0.3, -0.25) is 4.79 Å². The number of nitrogens with one attached hydrogen (secondary N) is 1. The van der Waals surface area contributed by atoms with E-state index in [1.807, 2.05) is 24.3 Å². The quantitative estimate of drug-likeness (QED) is 0.658. The molecule has 2 aromatic carbocycles. The first-order chi connectivity index (χ1) is 13.5. The van der Waals surface area contributed by atoms with Crippen LogP contribution in [0.25, 0.3) is 5.69 Å². The zero-order valence-electron chi connectivity index (χ0n) is 15.9. The smallest absolute Gasteiger partial charge is 0.273 e. The number of rotatable bonds is 7.